The summed E-state index contributed by atoms with van der Waals surface area (Å²) in [6.45, 7) is 8.08. The number of rotatable bonds is 5. The maximum atomic E-state index is 11.1. The molecule has 0 spiro atoms. The van der Waals surface area contributed by atoms with E-state index in [1.54, 1.807) is 12.1 Å². The zero-order valence-electron chi connectivity index (χ0n) is 14.1. The monoisotopic (exact) mass is 324 g/mol. The summed E-state index contributed by atoms with van der Waals surface area (Å²) >= 11 is 0. The van der Waals surface area contributed by atoms with E-state index in [9.17, 15) is 4.79 Å². The van der Waals surface area contributed by atoms with Gasteiger partial charge in [0, 0.05) is 39.3 Å². The van der Waals surface area contributed by atoms with Crippen molar-refractivity contribution in [3.05, 3.63) is 70.8 Å². The van der Waals surface area contributed by atoms with E-state index in [4.69, 9.17) is 5.11 Å². The number of carboxylic acids is 1. The lowest BCUT2D eigenvalue weighted by atomic mass is 10.1. The highest BCUT2D eigenvalue weighted by atomic mass is 16.4. The van der Waals surface area contributed by atoms with Gasteiger partial charge in [0.05, 0.1) is 5.56 Å². The van der Waals surface area contributed by atoms with E-state index in [0.717, 1.165) is 44.8 Å². The SMILES string of the molecule is Cc1cccc(CN2CCN(Cc3cccc(C(=O)O)c3)CC2)c1. The van der Waals surface area contributed by atoms with Crippen molar-refractivity contribution in [2.45, 2.75) is 20.0 Å². The topological polar surface area (TPSA) is 43.8 Å². The van der Waals surface area contributed by atoms with Crippen molar-refractivity contribution in [2.24, 2.45) is 0 Å². The molecule has 1 aliphatic heterocycles. The van der Waals surface area contributed by atoms with E-state index in [1.807, 2.05) is 12.1 Å². The number of carbonyl (C=O) groups is 1. The molecule has 1 fully saturated rings. The summed E-state index contributed by atoms with van der Waals surface area (Å²) in [5.41, 5.74) is 4.12. The molecule has 0 aromatic heterocycles. The summed E-state index contributed by atoms with van der Waals surface area (Å²) in [4.78, 5) is 15.9. The number of aryl methyl sites for hydroxylation is 1. The summed E-state index contributed by atoms with van der Waals surface area (Å²) < 4.78 is 0. The van der Waals surface area contributed by atoms with Gasteiger partial charge >= 0.3 is 5.97 Å². The van der Waals surface area contributed by atoms with Crippen molar-refractivity contribution in [1.29, 1.82) is 0 Å². The highest BCUT2D eigenvalue weighted by molar-refractivity contribution is 5.87. The van der Waals surface area contributed by atoms with Gasteiger partial charge in [-0.1, -0.05) is 42.0 Å². The molecule has 4 heteroatoms. The maximum absolute atomic E-state index is 11.1. The van der Waals surface area contributed by atoms with Crippen LogP contribution in [0, 0.1) is 6.92 Å². The van der Waals surface area contributed by atoms with Gasteiger partial charge < -0.3 is 5.11 Å². The Morgan fingerprint density at radius 1 is 0.917 bits per heavy atom. The first kappa shape index (κ1) is 16.7. The van der Waals surface area contributed by atoms with Crippen molar-refractivity contribution in [2.75, 3.05) is 26.2 Å². The van der Waals surface area contributed by atoms with Crippen LogP contribution >= 0.6 is 0 Å². The maximum Gasteiger partial charge on any atom is 0.335 e. The van der Waals surface area contributed by atoms with Gasteiger partial charge in [-0.25, -0.2) is 4.79 Å². The normalized spacial score (nSPS) is 16.2. The highest BCUT2D eigenvalue weighted by Crippen LogP contribution is 2.13. The van der Waals surface area contributed by atoms with E-state index in [0.29, 0.717) is 5.56 Å². The van der Waals surface area contributed by atoms with Gasteiger partial charge in [0.15, 0.2) is 0 Å². The number of aromatic carboxylic acids is 1. The third kappa shape index (κ3) is 4.43. The fraction of sp³-hybridized carbons (Fsp3) is 0.350. The summed E-state index contributed by atoms with van der Waals surface area (Å²) in [6.07, 6.45) is 0. The zero-order chi connectivity index (χ0) is 16.9. The van der Waals surface area contributed by atoms with Gasteiger partial charge in [0.1, 0.15) is 0 Å². The molecule has 0 radical (unpaired) electrons. The molecule has 0 amide bonds. The Morgan fingerprint density at radius 3 is 2.00 bits per heavy atom. The number of carboxylic acid groups (broad SMARTS) is 1. The summed E-state index contributed by atoms with van der Waals surface area (Å²) in [7, 11) is 0. The summed E-state index contributed by atoms with van der Waals surface area (Å²) in [5.74, 6) is -0.861. The minimum absolute atomic E-state index is 0.366. The number of hydrogen-bond acceptors (Lipinski definition) is 3. The molecule has 0 atom stereocenters. The van der Waals surface area contributed by atoms with Crippen molar-refractivity contribution in [1.82, 2.24) is 9.80 Å². The second-order valence-corrected chi connectivity index (χ2v) is 6.55. The fourth-order valence-electron chi connectivity index (χ4n) is 3.24. The minimum Gasteiger partial charge on any atom is -0.478 e. The predicted octanol–water partition coefficient (Wildman–Crippen LogP) is 3.01. The number of nitrogens with zero attached hydrogens (tertiary/aromatic N) is 2. The van der Waals surface area contributed by atoms with Crippen LogP contribution in [0.5, 0.6) is 0 Å². The molecule has 2 aromatic carbocycles. The molecule has 1 N–H and O–H groups in total. The molecule has 3 rings (SSSR count). The van der Waals surface area contributed by atoms with Crippen LogP contribution in [0.3, 0.4) is 0 Å². The van der Waals surface area contributed by atoms with E-state index < -0.39 is 5.97 Å². The first-order chi connectivity index (χ1) is 11.6. The third-order valence-corrected chi connectivity index (χ3v) is 4.53. The van der Waals surface area contributed by atoms with E-state index >= 15 is 0 Å². The molecule has 0 saturated carbocycles. The molecule has 1 heterocycles. The van der Waals surface area contributed by atoms with Gasteiger partial charge in [-0.05, 0) is 30.2 Å². The fourth-order valence-corrected chi connectivity index (χ4v) is 3.24. The largest absolute Gasteiger partial charge is 0.478 e. The van der Waals surface area contributed by atoms with Crippen molar-refractivity contribution >= 4 is 5.97 Å². The Bertz CT molecular complexity index is 706. The van der Waals surface area contributed by atoms with Crippen LogP contribution in [-0.2, 0) is 13.1 Å². The van der Waals surface area contributed by atoms with E-state index in [2.05, 4.69) is 41.0 Å². The average molecular weight is 324 g/mol. The van der Waals surface area contributed by atoms with Gasteiger partial charge in [0.25, 0.3) is 0 Å². The predicted molar refractivity (Wildman–Crippen MR) is 95.1 cm³/mol. The Balaban J connectivity index is 1.52. The first-order valence-electron chi connectivity index (χ1n) is 8.42. The Hall–Kier alpha value is -2.17. The van der Waals surface area contributed by atoms with Gasteiger partial charge in [-0.2, -0.15) is 0 Å². The van der Waals surface area contributed by atoms with Gasteiger partial charge in [-0.3, -0.25) is 9.80 Å². The average Bonchev–Trinajstić information content (AvgIpc) is 2.57. The van der Waals surface area contributed by atoms with Crippen LogP contribution in [0.4, 0.5) is 0 Å². The van der Waals surface area contributed by atoms with Crippen molar-refractivity contribution in [3.63, 3.8) is 0 Å². The molecule has 0 bridgehead atoms. The summed E-state index contributed by atoms with van der Waals surface area (Å²) in [5, 5.41) is 9.09. The smallest absolute Gasteiger partial charge is 0.335 e. The minimum atomic E-state index is -0.861. The molecule has 2 aromatic rings. The lowest BCUT2D eigenvalue weighted by molar-refractivity contribution is 0.0696. The number of benzene rings is 2. The number of hydrogen-bond donors (Lipinski definition) is 1. The van der Waals surface area contributed by atoms with Crippen LogP contribution in [0.1, 0.15) is 27.0 Å². The molecule has 1 aliphatic rings. The number of piperazine rings is 1. The molecular weight excluding hydrogens is 300 g/mol. The Kier molecular flexibility index (Phi) is 5.28. The lowest BCUT2D eigenvalue weighted by Crippen LogP contribution is -2.45. The van der Waals surface area contributed by atoms with Crippen molar-refractivity contribution < 1.29 is 9.90 Å². The van der Waals surface area contributed by atoms with Crippen LogP contribution in [-0.4, -0.2) is 47.1 Å². The molecule has 24 heavy (non-hydrogen) atoms. The molecule has 0 unspecified atom stereocenters. The van der Waals surface area contributed by atoms with Gasteiger partial charge in [0.2, 0.25) is 0 Å². The quantitative estimate of drug-likeness (QED) is 0.918. The van der Waals surface area contributed by atoms with E-state index in [1.165, 1.54) is 11.1 Å². The van der Waals surface area contributed by atoms with E-state index in [-0.39, 0.29) is 0 Å². The molecule has 0 aliphatic carbocycles. The molecular formula is C20H24N2O2. The molecule has 1 saturated heterocycles. The highest BCUT2D eigenvalue weighted by Gasteiger charge is 2.17. The lowest BCUT2D eigenvalue weighted by Gasteiger charge is -2.34. The second-order valence-electron chi connectivity index (χ2n) is 6.55. The third-order valence-electron chi connectivity index (χ3n) is 4.53. The van der Waals surface area contributed by atoms with Crippen LogP contribution < -0.4 is 0 Å². The Morgan fingerprint density at radius 2 is 1.46 bits per heavy atom. The van der Waals surface area contributed by atoms with Gasteiger partial charge in [-0.15, -0.1) is 0 Å². The Labute approximate surface area is 143 Å². The van der Waals surface area contributed by atoms with Crippen LogP contribution in [0.15, 0.2) is 48.5 Å². The second kappa shape index (κ2) is 7.60. The van der Waals surface area contributed by atoms with Crippen LogP contribution in [0.25, 0.3) is 0 Å². The van der Waals surface area contributed by atoms with Crippen molar-refractivity contribution in [3.8, 4) is 0 Å². The van der Waals surface area contributed by atoms with Crippen LogP contribution in [0.2, 0.25) is 0 Å². The standard InChI is InChI=1S/C20H24N2O2/c1-16-4-2-5-17(12-16)14-21-8-10-22(11-9-21)15-18-6-3-7-19(13-18)20(23)24/h2-7,12-13H,8-11,14-15H2,1H3,(H,23,24). The summed E-state index contributed by atoms with van der Waals surface area (Å²) in [6, 6.07) is 16.0. The molecule has 126 valence electrons. The molecule has 4 nitrogen and oxygen atoms in total. The zero-order valence-corrected chi connectivity index (χ0v) is 14.1. The first-order valence-corrected chi connectivity index (χ1v) is 8.42.